The fourth-order valence-electron chi connectivity index (χ4n) is 2.25. The van der Waals surface area contributed by atoms with Crippen LogP contribution in [0.3, 0.4) is 0 Å². The number of halogens is 1. The highest BCUT2D eigenvalue weighted by atomic mass is 32.2. The van der Waals surface area contributed by atoms with Crippen LogP contribution in [0.4, 0.5) is 4.39 Å². The quantitative estimate of drug-likeness (QED) is 0.518. The highest BCUT2D eigenvalue weighted by Crippen LogP contribution is 2.15. The van der Waals surface area contributed by atoms with Gasteiger partial charge < -0.3 is 0 Å². The highest BCUT2D eigenvalue weighted by molar-refractivity contribution is 7.99. The Morgan fingerprint density at radius 1 is 1.12 bits per heavy atom. The molecule has 0 unspecified atom stereocenters. The summed E-state index contributed by atoms with van der Waals surface area (Å²) in [5.74, 6) is -0.314. The van der Waals surface area contributed by atoms with Crippen molar-refractivity contribution in [3.8, 4) is 5.69 Å². The Balaban J connectivity index is 1.78. The Morgan fingerprint density at radius 2 is 1.80 bits per heavy atom. The van der Waals surface area contributed by atoms with Crippen LogP contribution in [-0.2, 0) is 0 Å². The molecule has 0 spiro atoms. The number of hydrogen-bond donors (Lipinski definition) is 0. The van der Waals surface area contributed by atoms with E-state index >= 15 is 0 Å². The maximum Gasteiger partial charge on any atom is 0.287 e. The molecule has 1 aromatic heterocycles. The van der Waals surface area contributed by atoms with Gasteiger partial charge in [0, 0.05) is 23.6 Å². The van der Waals surface area contributed by atoms with Crippen LogP contribution in [0.2, 0.25) is 0 Å². The second-order valence-corrected chi connectivity index (χ2v) is 6.43. The minimum Gasteiger partial charge on any atom is -0.293 e. The van der Waals surface area contributed by atoms with E-state index in [2.05, 4.69) is 4.98 Å². The van der Waals surface area contributed by atoms with E-state index in [1.807, 2.05) is 19.1 Å². The Bertz CT molecular complexity index is 950. The van der Waals surface area contributed by atoms with E-state index < -0.39 is 0 Å². The molecule has 0 aliphatic carbocycles. The van der Waals surface area contributed by atoms with Gasteiger partial charge in [-0.3, -0.25) is 14.2 Å². The summed E-state index contributed by atoms with van der Waals surface area (Å²) in [6, 6.07) is 12.9. The molecule has 1 heterocycles. The number of nitrogens with zero attached hydrogens (tertiary/aromatic N) is 2. The summed E-state index contributed by atoms with van der Waals surface area (Å²) >= 11 is 1.10. The van der Waals surface area contributed by atoms with Gasteiger partial charge in [0.2, 0.25) is 0 Å². The lowest BCUT2D eigenvalue weighted by Gasteiger charge is -2.07. The Morgan fingerprint density at radius 3 is 2.48 bits per heavy atom. The third kappa shape index (κ3) is 4.03. The summed E-state index contributed by atoms with van der Waals surface area (Å²) in [7, 11) is 0. The van der Waals surface area contributed by atoms with Crippen LogP contribution in [0.25, 0.3) is 5.69 Å². The number of hydrogen-bond acceptors (Lipinski definition) is 4. The summed E-state index contributed by atoms with van der Waals surface area (Å²) in [5, 5.41) is 0.229. The Hall–Kier alpha value is -2.73. The number of ketones is 1. The molecular formula is C19H15FN2O2S. The molecule has 0 N–H and O–H groups in total. The van der Waals surface area contributed by atoms with Gasteiger partial charge in [0.05, 0.1) is 5.75 Å². The van der Waals surface area contributed by atoms with E-state index in [0.29, 0.717) is 11.3 Å². The molecule has 0 aliphatic rings. The molecule has 0 radical (unpaired) electrons. The number of carbonyl (C=O) groups is 1. The molecule has 0 amide bonds. The zero-order valence-corrected chi connectivity index (χ0v) is 14.3. The number of thioether (sulfide) groups is 1. The minimum absolute atomic E-state index is 0.0663. The van der Waals surface area contributed by atoms with E-state index in [9.17, 15) is 14.0 Å². The molecule has 0 bridgehead atoms. The number of carbonyl (C=O) groups excluding carboxylic acids is 1. The van der Waals surface area contributed by atoms with E-state index in [-0.39, 0.29) is 27.9 Å². The molecule has 0 saturated carbocycles. The number of benzene rings is 2. The molecule has 4 nitrogen and oxygen atoms in total. The number of Topliss-reactive ketones (excluding diaryl/α,β-unsaturated/α-hetero) is 1. The first-order chi connectivity index (χ1) is 12.0. The fraction of sp³-hybridized carbons (Fsp3) is 0.105. The summed E-state index contributed by atoms with van der Waals surface area (Å²) in [5.41, 5.74) is 1.89. The lowest BCUT2D eigenvalue weighted by molar-refractivity contribution is 0.102. The molecule has 3 rings (SSSR count). The van der Waals surface area contributed by atoms with Gasteiger partial charge in [0.1, 0.15) is 5.82 Å². The first-order valence-corrected chi connectivity index (χ1v) is 8.59. The lowest BCUT2D eigenvalue weighted by Crippen LogP contribution is -2.21. The first kappa shape index (κ1) is 17.1. The molecule has 3 aromatic rings. The second-order valence-electron chi connectivity index (χ2n) is 5.46. The summed E-state index contributed by atoms with van der Waals surface area (Å²) < 4.78 is 14.4. The van der Waals surface area contributed by atoms with Gasteiger partial charge in [-0.15, -0.1) is 0 Å². The molecule has 126 valence electrons. The molecule has 0 aliphatic heterocycles. The number of rotatable bonds is 5. The van der Waals surface area contributed by atoms with Crippen molar-refractivity contribution >= 4 is 17.5 Å². The molecule has 0 atom stereocenters. The van der Waals surface area contributed by atoms with Gasteiger partial charge >= 0.3 is 0 Å². The van der Waals surface area contributed by atoms with E-state index in [4.69, 9.17) is 0 Å². The molecule has 2 aromatic carbocycles. The predicted molar refractivity (Wildman–Crippen MR) is 96.0 cm³/mol. The van der Waals surface area contributed by atoms with Crippen LogP contribution in [0, 0.1) is 12.7 Å². The van der Waals surface area contributed by atoms with Crippen LogP contribution in [-0.4, -0.2) is 21.1 Å². The molecule has 6 heteroatoms. The smallest absolute Gasteiger partial charge is 0.287 e. The first-order valence-electron chi connectivity index (χ1n) is 7.61. The fourth-order valence-corrected chi connectivity index (χ4v) is 3.05. The van der Waals surface area contributed by atoms with Gasteiger partial charge in [-0.25, -0.2) is 9.37 Å². The largest absolute Gasteiger partial charge is 0.293 e. The topological polar surface area (TPSA) is 52.0 Å². The molecular weight excluding hydrogens is 339 g/mol. The van der Waals surface area contributed by atoms with Gasteiger partial charge in [-0.05, 0) is 31.2 Å². The Kier molecular flexibility index (Phi) is 5.09. The van der Waals surface area contributed by atoms with Crippen molar-refractivity contribution in [2.75, 3.05) is 5.75 Å². The average molecular weight is 354 g/mol. The van der Waals surface area contributed by atoms with Crippen molar-refractivity contribution in [1.29, 1.82) is 0 Å². The molecule has 0 saturated heterocycles. The Labute approximate surface area is 148 Å². The average Bonchev–Trinajstić information content (AvgIpc) is 2.62. The third-order valence-corrected chi connectivity index (χ3v) is 4.59. The lowest BCUT2D eigenvalue weighted by atomic mass is 10.1. The second kappa shape index (κ2) is 7.44. The highest BCUT2D eigenvalue weighted by Gasteiger charge is 2.11. The van der Waals surface area contributed by atoms with Gasteiger partial charge in [-0.1, -0.05) is 41.6 Å². The van der Waals surface area contributed by atoms with Crippen molar-refractivity contribution < 1.29 is 9.18 Å². The normalized spacial score (nSPS) is 10.6. The van der Waals surface area contributed by atoms with E-state index in [1.54, 1.807) is 12.1 Å². The van der Waals surface area contributed by atoms with E-state index in [1.165, 1.54) is 41.2 Å². The van der Waals surface area contributed by atoms with Gasteiger partial charge in [0.15, 0.2) is 10.8 Å². The summed E-state index contributed by atoms with van der Waals surface area (Å²) in [6.45, 7) is 1.95. The zero-order chi connectivity index (χ0) is 17.8. The van der Waals surface area contributed by atoms with Crippen LogP contribution in [0.15, 0.2) is 70.7 Å². The SMILES string of the molecule is Cc1ccc(C(=O)CSc2nccn(-c3ccc(F)cc3)c2=O)cc1. The maximum atomic E-state index is 13.0. The number of aryl methyl sites for hydroxylation is 1. The summed E-state index contributed by atoms with van der Waals surface area (Å²) in [4.78, 5) is 28.8. The molecule has 25 heavy (non-hydrogen) atoms. The standard InChI is InChI=1S/C19H15FN2O2S/c1-13-2-4-14(5-3-13)17(23)12-25-18-19(24)22(11-10-21-18)16-8-6-15(20)7-9-16/h2-11H,12H2,1H3. The van der Waals surface area contributed by atoms with Crippen molar-refractivity contribution in [2.24, 2.45) is 0 Å². The van der Waals surface area contributed by atoms with Crippen LogP contribution in [0.5, 0.6) is 0 Å². The van der Waals surface area contributed by atoms with Crippen molar-refractivity contribution in [2.45, 2.75) is 11.9 Å². The van der Waals surface area contributed by atoms with Crippen molar-refractivity contribution in [3.05, 3.63) is 88.2 Å². The minimum atomic E-state index is -0.371. The third-order valence-electron chi connectivity index (χ3n) is 3.63. The van der Waals surface area contributed by atoms with Crippen LogP contribution in [0.1, 0.15) is 15.9 Å². The molecule has 0 fully saturated rings. The van der Waals surface area contributed by atoms with Crippen molar-refractivity contribution in [3.63, 3.8) is 0 Å². The van der Waals surface area contributed by atoms with Gasteiger partial charge in [0.25, 0.3) is 5.56 Å². The van der Waals surface area contributed by atoms with Crippen LogP contribution >= 0.6 is 11.8 Å². The van der Waals surface area contributed by atoms with E-state index in [0.717, 1.165) is 17.3 Å². The van der Waals surface area contributed by atoms with Gasteiger partial charge in [-0.2, -0.15) is 0 Å². The zero-order valence-electron chi connectivity index (χ0n) is 13.5. The maximum absolute atomic E-state index is 13.0. The van der Waals surface area contributed by atoms with Crippen molar-refractivity contribution in [1.82, 2.24) is 9.55 Å². The van der Waals surface area contributed by atoms with Crippen LogP contribution < -0.4 is 5.56 Å². The predicted octanol–water partition coefficient (Wildman–Crippen LogP) is 3.66. The number of aromatic nitrogens is 2. The summed E-state index contributed by atoms with van der Waals surface area (Å²) in [6.07, 6.45) is 3.00. The monoisotopic (exact) mass is 354 g/mol.